The lowest BCUT2D eigenvalue weighted by atomic mass is 10.1. The molecule has 3 N–H and O–H groups in total. The molecule has 0 bridgehead atoms. The molecule has 0 fully saturated rings. The van der Waals surface area contributed by atoms with Gasteiger partial charge in [-0.25, -0.2) is 0 Å². The number of aliphatic hydroxyl groups is 1. The molecule has 0 aromatic heterocycles. The summed E-state index contributed by atoms with van der Waals surface area (Å²) in [7, 11) is 0. The van der Waals surface area contributed by atoms with E-state index in [1.54, 1.807) is 41.3 Å². The highest BCUT2D eigenvalue weighted by Gasteiger charge is 2.39. The summed E-state index contributed by atoms with van der Waals surface area (Å²) in [6.07, 6.45) is -0.928. The lowest BCUT2D eigenvalue weighted by Gasteiger charge is -2.22. The Balaban J connectivity index is 1.64. The molecule has 0 spiro atoms. The van der Waals surface area contributed by atoms with Crippen molar-refractivity contribution in [2.24, 2.45) is 0 Å². The summed E-state index contributed by atoms with van der Waals surface area (Å²) < 4.78 is 0. The Morgan fingerprint density at radius 1 is 1.04 bits per heavy atom. The third kappa shape index (κ3) is 3.89. The number of para-hydroxylation sites is 1. The number of carbonyl (C=O) groups excluding carboxylic acids is 3. The zero-order valence-electron chi connectivity index (χ0n) is 15.8. The molecule has 1 aliphatic heterocycles. The highest BCUT2D eigenvalue weighted by atomic mass is 16.3. The van der Waals surface area contributed by atoms with Crippen LogP contribution < -0.4 is 15.5 Å². The summed E-state index contributed by atoms with van der Waals surface area (Å²) in [6, 6.07) is 15.0. The second kappa shape index (κ2) is 8.22. The number of hydrogen-bond acceptors (Lipinski definition) is 4. The van der Waals surface area contributed by atoms with Crippen LogP contribution in [-0.2, 0) is 14.4 Å². The van der Waals surface area contributed by atoms with E-state index in [1.807, 2.05) is 32.0 Å². The van der Waals surface area contributed by atoms with Crippen molar-refractivity contribution in [3.05, 3.63) is 65.7 Å². The van der Waals surface area contributed by atoms with E-state index in [2.05, 4.69) is 10.6 Å². The van der Waals surface area contributed by atoms with Crippen molar-refractivity contribution in [1.29, 1.82) is 0 Å². The maximum absolute atomic E-state index is 12.8. The van der Waals surface area contributed by atoms with Gasteiger partial charge in [0.15, 0.2) is 0 Å². The van der Waals surface area contributed by atoms with Crippen LogP contribution in [0.1, 0.15) is 37.1 Å². The number of carbonyl (C=O) groups is 3. The SMILES string of the molecule is CC(C)N1C(=O)[C@H](NC(=O)C(=O)NC[C@H](O)c2ccccc2)c2ccccc21. The van der Waals surface area contributed by atoms with Gasteiger partial charge in [-0.05, 0) is 25.5 Å². The van der Waals surface area contributed by atoms with Crippen LogP contribution in [0.2, 0.25) is 0 Å². The molecule has 0 saturated carbocycles. The standard InChI is InChI=1S/C21H23N3O4/c1-13(2)24-16-11-7-6-10-15(16)18(21(24)28)23-20(27)19(26)22-12-17(25)14-8-4-3-5-9-14/h3-11,13,17-18,25H,12H2,1-2H3,(H,22,26)(H,23,27)/t17-,18+/m0/s1. The van der Waals surface area contributed by atoms with E-state index in [1.165, 1.54) is 0 Å². The van der Waals surface area contributed by atoms with Gasteiger partial charge in [0, 0.05) is 23.8 Å². The van der Waals surface area contributed by atoms with Crippen molar-refractivity contribution in [3.63, 3.8) is 0 Å². The minimum atomic E-state index is -0.928. The van der Waals surface area contributed by atoms with E-state index in [0.717, 1.165) is 5.69 Å². The molecule has 0 aliphatic carbocycles. The number of fused-ring (bicyclic) bond motifs is 1. The van der Waals surface area contributed by atoms with E-state index in [4.69, 9.17) is 0 Å². The molecule has 2 atom stereocenters. The third-order valence-corrected chi connectivity index (χ3v) is 4.63. The second-order valence-corrected chi connectivity index (χ2v) is 6.90. The Labute approximate surface area is 163 Å². The quantitative estimate of drug-likeness (QED) is 0.683. The van der Waals surface area contributed by atoms with Crippen molar-refractivity contribution in [1.82, 2.24) is 10.6 Å². The van der Waals surface area contributed by atoms with Crippen LogP contribution in [0.5, 0.6) is 0 Å². The molecule has 3 rings (SSSR count). The van der Waals surface area contributed by atoms with E-state index in [-0.39, 0.29) is 18.5 Å². The summed E-state index contributed by atoms with van der Waals surface area (Å²) in [5, 5.41) is 15.0. The lowest BCUT2D eigenvalue weighted by molar-refractivity contribution is -0.140. The smallest absolute Gasteiger partial charge is 0.310 e. The third-order valence-electron chi connectivity index (χ3n) is 4.63. The fourth-order valence-electron chi connectivity index (χ4n) is 3.27. The summed E-state index contributed by atoms with van der Waals surface area (Å²) in [6.45, 7) is 3.66. The molecule has 3 amide bonds. The van der Waals surface area contributed by atoms with Crippen LogP contribution in [0.3, 0.4) is 0 Å². The first kappa shape index (κ1) is 19.6. The lowest BCUT2D eigenvalue weighted by Crippen LogP contribution is -2.46. The van der Waals surface area contributed by atoms with Crippen molar-refractivity contribution in [2.75, 3.05) is 11.4 Å². The van der Waals surface area contributed by atoms with E-state index < -0.39 is 24.0 Å². The predicted octanol–water partition coefficient (Wildman–Crippen LogP) is 1.45. The van der Waals surface area contributed by atoms with Crippen molar-refractivity contribution in [3.8, 4) is 0 Å². The maximum Gasteiger partial charge on any atom is 0.310 e. The summed E-state index contributed by atoms with van der Waals surface area (Å²) >= 11 is 0. The Bertz CT molecular complexity index is 882. The van der Waals surface area contributed by atoms with E-state index >= 15 is 0 Å². The monoisotopic (exact) mass is 381 g/mol. The van der Waals surface area contributed by atoms with Gasteiger partial charge in [0.05, 0.1) is 6.10 Å². The first-order valence-corrected chi connectivity index (χ1v) is 9.14. The fraction of sp³-hybridized carbons (Fsp3) is 0.286. The van der Waals surface area contributed by atoms with Gasteiger partial charge >= 0.3 is 11.8 Å². The minimum Gasteiger partial charge on any atom is -0.387 e. The molecule has 28 heavy (non-hydrogen) atoms. The van der Waals surface area contributed by atoms with Gasteiger partial charge in [0.1, 0.15) is 6.04 Å². The van der Waals surface area contributed by atoms with E-state index in [0.29, 0.717) is 11.1 Å². The topological polar surface area (TPSA) is 98.7 Å². The van der Waals surface area contributed by atoms with Gasteiger partial charge in [-0.3, -0.25) is 14.4 Å². The fourth-order valence-corrected chi connectivity index (χ4v) is 3.27. The highest BCUT2D eigenvalue weighted by Crippen LogP contribution is 2.36. The van der Waals surface area contributed by atoms with Crippen molar-refractivity contribution in [2.45, 2.75) is 32.0 Å². The largest absolute Gasteiger partial charge is 0.387 e. The molecule has 0 radical (unpaired) electrons. The number of rotatable bonds is 5. The predicted molar refractivity (Wildman–Crippen MR) is 104 cm³/mol. The van der Waals surface area contributed by atoms with Crippen LogP contribution in [0.15, 0.2) is 54.6 Å². The molecule has 2 aromatic rings. The Kier molecular flexibility index (Phi) is 5.75. The van der Waals surface area contributed by atoms with E-state index in [9.17, 15) is 19.5 Å². The Morgan fingerprint density at radius 3 is 2.36 bits per heavy atom. The molecule has 2 aromatic carbocycles. The molecule has 0 saturated heterocycles. The van der Waals surface area contributed by atoms with Gasteiger partial charge in [0.25, 0.3) is 5.91 Å². The van der Waals surface area contributed by atoms with Crippen molar-refractivity contribution < 1.29 is 19.5 Å². The van der Waals surface area contributed by atoms with Crippen LogP contribution in [-0.4, -0.2) is 35.4 Å². The highest BCUT2D eigenvalue weighted by molar-refractivity contribution is 6.35. The molecule has 0 unspecified atom stereocenters. The zero-order valence-corrected chi connectivity index (χ0v) is 15.8. The number of aliphatic hydroxyl groups excluding tert-OH is 1. The maximum atomic E-state index is 12.8. The normalized spacial score (nSPS) is 16.6. The van der Waals surface area contributed by atoms with Crippen LogP contribution >= 0.6 is 0 Å². The van der Waals surface area contributed by atoms with Gasteiger partial charge in [-0.2, -0.15) is 0 Å². The number of hydrogen-bond donors (Lipinski definition) is 3. The number of benzene rings is 2. The molecular formula is C21H23N3O4. The van der Waals surface area contributed by atoms with Gasteiger partial charge < -0.3 is 20.6 Å². The number of nitrogens with one attached hydrogen (secondary N) is 2. The first-order chi connectivity index (χ1) is 13.4. The Hall–Kier alpha value is -3.19. The number of amides is 3. The molecule has 7 nitrogen and oxygen atoms in total. The molecular weight excluding hydrogens is 358 g/mol. The summed E-state index contributed by atoms with van der Waals surface area (Å²) in [4.78, 5) is 38.8. The molecule has 7 heteroatoms. The summed E-state index contributed by atoms with van der Waals surface area (Å²) in [5.74, 6) is -2.09. The van der Waals surface area contributed by atoms with Crippen LogP contribution in [0, 0.1) is 0 Å². The molecule has 146 valence electrons. The van der Waals surface area contributed by atoms with Crippen LogP contribution in [0.4, 0.5) is 5.69 Å². The average Bonchev–Trinajstić information content (AvgIpc) is 2.98. The minimum absolute atomic E-state index is 0.0783. The number of nitrogens with zero attached hydrogens (tertiary/aromatic N) is 1. The van der Waals surface area contributed by atoms with Gasteiger partial charge in [-0.1, -0.05) is 48.5 Å². The zero-order chi connectivity index (χ0) is 20.3. The Morgan fingerprint density at radius 2 is 1.68 bits per heavy atom. The second-order valence-electron chi connectivity index (χ2n) is 6.90. The summed E-state index contributed by atoms with van der Waals surface area (Å²) in [5.41, 5.74) is 2.02. The van der Waals surface area contributed by atoms with Gasteiger partial charge in [-0.15, -0.1) is 0 Å². The molecule has 1 heterocycles. The van der Waals surface area contributed by atoms with Crippen LogP contribution in [0.25, 0.3) is 0 Å². The molecule has 1 aliphatic rings. The van der Waals surface area contributed by atoms with Gasteiger partial charge in [0.2, 0.25) is 0 Å². The average molecular weight is 381 g/mol. The number of anilines is 1. The van der Waals surface area contributed by atoms with Crippen molar-refractivity contribution >= 4 is 23.4 Å². The first-order valence-electron chi connectivity index (χ1n) is 9.14.